The van der Waals surface area contributed by atoms with E-state index in [1.165, 1.54) is 13.2 Å². The summed E-state index contributed by atoms with van der Waals surface area (Å²) in [7, 11) is -0.0968. The predicted molar refractivity (Wildman–Crippen MR) is 146 cm³/mol. The molecule has 8 nitrogen and oxygen atoms in total. The number of aromatic amines is 1. The summed E-state index contributed by atoms with van der Waals surface area (Å²) in [6.07, 6.45) is 1.76. The average Bonchev–Trinajstić information content (AvgIpc) is 3.31. The fourth-order valence-corrected chi connectivity index (χ4v) is 5.93. The predicted octanol–water partition coefficient (Wildman–Crippen LogP) is 4.52. The molecular weight excluding hydrogens is 531 g/mol. The van der Waals surface area contributed by atoms with Crippen LogP contribution in [0.4, 0.5) is 4.39 Å². The van der Waals surface area contributed by atoms with Crippen LogP contribution in [0.3, 0.4) is 0 Å². The zero-order valence-electron chi connectivity index (χ0n) is 20.9. The molecular formula is C27H28ClFN4O4S. The molecule has 2 aromatic carbocycles. The van der Waals surface area contributed by atoms with Crippen LogP contribution in [0.5, 0.6) is 5.75 Å². The molecule has 1 saturated heterocycles. The number of ether oxygens (including phenoxy) is 2. The topological polar surface area (TPSA) is 111 Å². The van der Waals surface area contributed by atoms with Crippen LogP contribution >= 0.6 is 11.6 Å². The second kappa shape index (κ2) is 12.6. The molecule has 200 valence electrons. The minimum absolute atomic E-state index is 0.244. The number of rotatable bonds is 7. The molecule has 1 aliphatic rings. The Kier molecular flexibility index (Phi) is 9.24. The minimum Gasteiger partial charge on any atom is -0.491 e. The molecule has 3 heterocycles. The van der Waals surface area contributed by atoms with Crippen molar-refractivity contribution in [1.29, 1.82) is 0 Å². The number of aryl methyl sites for hydroxylation is 1. The van der Waals surface area contributed by atoms with Gasteiger partial charge in [-0.05, 0) is 67.6 Å². The Labute approximate surface area is 227 Å². The molecule has 0 spiro atoms. The van der Waals surface area contributed by atoms with E-state index < -0.39 is 16.9 Å². The number of pyridine rings is 1. The molecule has 1 aliphatic heterocycles. The monoisotopic (exact) mass is 558 g/mol. The smallest absolute Gasteiger partial charge is 0.220 e. The number of fused-ring (bicyclic) bond motifs is 1. The molecule has 2 atom stereocenters. The number of aromatic nitrogens is 2. The Hall–Kier alpha value is -3.15. The first-order valence-electron chi connectivity index (χ1n) is 11.9. The third-order valence-corrected chi connectivity index (χ3v) is 7.88. The van der Waals surface area contributed by atoms with Gasteiger partial charge in [0.2, 0.25) is 5.95 Å². The summed E-state index contributed by atoms with van der Waals surface area (Å²) in [6, 6.07) is 14.0. The Morgan fingerprint density at radius 1 is 1.26 bits per heavy atom. The maximum Gasteiger partial charge on any atom is 0.220 e. The van der Waals surface area contributed by atoms with Gasteiger partial charge in [-0.25, -0.2) is 13.5 Å². The second-order valence-electron chi connectivity index (χ2n) is 8.44. The van der Waals surface area contributed by atoms with Gasteiger partial charge in [0.15, 0.2) is 6.29 Å². The Bertz CT molecular complexity index is 1460. The lowest BCUT2D eigenvalue weighted by atomic mass is 10.0. The van der Waals surface area contributed by atoms with E-state index in [2.05, 4.69) is 15.7 Å². The van der Waals surface area contributed by atoms with Gasteiger partial charge < -0.3 is 20.2 Å². The van der Waals surface area contributed by atoms with Gasteiger partial charge in [-0.2, -0.15) is 4.39 Å². The van der Waals surface area contributed by atoms with Crippen LogP contribution in [0.1, 0.15) is 16.1 Å². The van der Waals surface area contributed by atoms with E-state index in [1.54, 1.807) is 46.8 Å². The number of carbonyl (C=O) groups is 1. The van der Waals surface area contributed by atoms with Crippen molar-refractivity contribution in [2.75, 3.05) is 33.4 Å². The van der Waals surface area contributed by atoms with Crippen molar-refractivity contribution in [3.8, 4) is 16.9 Å². The van der Waals surface area contributed by atoms with Crippen molar-refractivity contribution in [3.63, 3.8) is 0 Å². The van der Waals surface area contributed by atoms with E-state index in [4.69, 9.17) is 21.1 Å². The van der Waals surface area contributed by atoms with Crippen LogP contribution in [-0.2, 0) is 15.7 Å². The number of carbonyl (C=O) groups excluding carboxylic acids is 1. The van der Waals surface area contributed by atoms with Crippen molar-refractivity contribution in [2.45, 2.75) is 17.9 Å². The van der Waals surface area contributed by atoms with E-state index in [9.17, 15) is 13.4 Å². The maximum absolute atomic E-state index is 14.1. The standard InChI is InChI=1S/C26H23ClFN3O4S.CH5N/c1-16-11-18(5-6-20(16)21-3-2-8-29-26(21)28)35-15-19-13-31(9-10-34-19)36(33)25-22-12-17(27)4-7-23(22)30-24(25)14-32;1-2/h2-8,11-12,14,19,30H,9-10,13,15H2,1H3;2H2,1H3. The summed E-state index contributed by atoms with van der Waals surface area (Å²) < 4.78 is 41.2. The Morgan fingerprint density at radius 3 is 2.82 bits per heavy atom. The highest BCUT2D eigenvalue weighted by molar-refractivity contribution is 7.83. The molecule has 38 heavy (non-hydrogen) atoms. The number of hydrogen-bond donors (Lipinski definition) is 2. The van der Waals surface area contributed by atoms with E-state index >= 15 is 0 Å². The quantitative estimate of drug-likeness (QED) is 0.255. The molecule has 0 radical (unpaired) electrons. The fourth-order valence-electron chi connectivity index (χ4n) is 4.31. The van der Waals surface area contributed by atoms with Crippen LogP contribution in [-0.4, -0.2) is 64.2 Å². The zero-order valence-corrected chi connectivity index (χ0v) is 22.5. The Balaban J connectivity index is 0.00000164. The number of morpholine rings is 1. The molecule has 3 N–H and O–H groups in total. The largest absolute Gasteiger partial charge is 0.491 e. The molecule has 0 aliphatic carbocycles. The van der Waals surface area contributed by atoms with Crippen molar-refractivity contribution in [2.24, 2.45) is 5.73 Å². The van der Waals surface area contributed by atoms with Gasteiger partial charge >= 0.3 is 0 Å². The molecule has 5 rings (SSSR count). The van der Waals surface area contributed by atoms with Crippen molar-refractivity contribution in [1.82, 2.24) is 14.3 Å². The summed E-state index contributed by atoms with van der Waals surface area (Å²) in [5.74, 6) is 0.102. The summed E-state index contributed by atoms with van der Waals surface area (Å²) >= 11 is 6.15. The van der Waals surface area contributed by atoms with E-state index in [-0.39, 0.29) is 18.4 Å². The highest BCUT2D eigenvalue weighted by atomic mass is 35.5. The molecule has 0 amide bonds. The molecule has 4 aromatic rings. The van der Waals surface area contributed by atoms with Crippen LogP contribution in [0, 0.1) is 12.9 Å². The van der Waals surface area contributed by atoms with E-state index in [1.807, 2.05) is 13.0 Å². The first-order chi connectivity index (χ1) is 18.4. The first-order valence-corrected chi connectivity index (χ1v) is 13.4. The molecule has 11 heteroatoms. The maximum atomic E-state index is 14.1. The number of nitrogens with two attached hydrogens (primary N) is 1. The number of nitrogens with one attached hydrogen (secondary N) is 1. The van der Waals surface area contributed by atoms with Crippen LogP contribution in [0.25, 0.3) is 22.0 Å². The molecule has 0 saturated carbocycles. The van der Waals surface area contributed by atoms with Gasteiger partial charge in [0.05, 0.1) is 17.2 Å². The third kappa shape index (κ3) is 5.95. The number of aldehydes is 1. The highest BCUT2D eigenvalue weighted by Crippen LogP contribution is 2.30. The lowest BCUT2D eigenvalue weighted by molar-refractivity contribution is -0.0237. The van der Waals surface area contributed by atoms with Crippen molar-refractivity contribution in [3.05, 3.63) is 77.0 Å². The summed E-state index contributed by atoms with van der Waals surface area (Å²) in [6.45, 7) is 3.30. The molecule has 0 bridgehead atoms. The van der Waals surface area contributed by atoms with Gasteiger partial charge in [0.25, 0.3) is 0 Å². The number of hydrogen-bond acceptors (Lipinski definition) is 6. The van der Waals surface area contributed by atoms with Gasteiger partial charge in [-0.1, -0.05) is 17.7 Å². The third-order valence-electron chi connectivity index (χ3n) is 6.05. The first kappa shape index (κ1) is 27.9. The highest BCUT2D eigenvalue weighted by Gasteiger charge is 2.29. The van der Waals surface area contributed by atoms with Crippen molar-refractivity contribution >= 4 is 39.8 Å². The normalized spacial score (nSPS) is 16.5. The summed E-state index contributed by atoms with van der Waals surface area (Å²) in [5.41, 5.74) is 7.50. The van der Waals surface area contributed by atoms with Gasteiger partial charge in [-0.3, -0.25) is 4.79 Å². The number of benzene rings is 2. The second-order valence-corrected chi connectivity index (χ2v) is 10.3. The molecule has 1 fully saturated rings. The van der Waals surface area contributed by atoms with Crippen molar-refractivity contribution < 1.29 is 22.9 Å². The molecule has 2 aromatic heterocycles. The Morgan fingerprint density at radius 2 is 2.08 bits per heavy atom. The number of halogens is 2. The van der Waals surface area contributed by atoms with Crippen LogP contribution in [0.15, 0.2) is 59.6 Å². The van der Waals surface area contributed by atoms with E-state index in [0.29, 0.717) is 58.1 Å². The minimum atomic E-state index is -1.60. The lowest BCUT2D eigenvalue weighted by Gasteiger charge is -2.31. The van der Waals surface area contributed by atoms with Crippen LogP contribution < -0.4 is 10.5 Å². The van der Waals surface area contributed by atoms with Gasteiger partial charge in [0.1, 0.15) is 29.4 Å². The van der Waals surface area contributed by atoms with Crippen LogP contribution in [0.2, 0.25) is 5.02 Å². The summed E-state index contributed by atoms with van der Waals surface area (Å²) in [5, 5.41) is 1.15. The summed E-state index contributed by atoms with van der Waals surface area (Å²) in [4.78, 5) is 18.8. The average molecular weight is 559 g/mol. The molecule has 2 unspecified atom stereocenters. The van der Waals surface area contributed by atoms with Gasteiger partial charge in [-0.15, -0.1) is 0 Å². The lowest BCUT2D eigenvalue weighted by Crippen LogP contribution is -2.45. The van der Waals surface area contributed by atoms with E-state index in [0.717, 1.165) is 11.1 Å². The SMILES string of the molecule is CN.Cc1cc(OCC2CN(S(=O)c3c(C=O)[nH]c4ccc(Cl)cc34)CCO2)ccc1-c1cccnc1F. The number of nitrogens with zero attached hydrogens (tertiary/aromatic N) is 2. The van der Waals surface area contributed by atoms with Gasteiger partial charge in [0, 0.05) is 40.8 Å². The number of H-pyrrole nitrogens is 1. The fraction of sp³-hybridized carbons (Fsp3) is 0.259. The zero-order chi connectivity index (χ0) is 27.2.